The largest absolute Gasteiger partial charge is 0.349 e. The third-order valence-electron chi connectivity index (χ3n) is 4.50. The Morgan fingerprint density at radius 2 is 2.04 bits per heavy atom. The summed E-state index contributed by atoms with van der Waals surface area (Å²) in [5.41, 5.74) is 0.614. The molecule has 2 N–H and O–H groups in total. The quantitative estimate of drug-likeness (QED) is 0.890. The number of aromatic amines is 1. The third-order valence-corrected chi connectivity index (χ3v) is 4.72. The van der Waals surface area contributed by atoms with E-state index < -0.39 is 11.5 Å². The number of carbonyl (C=O) groups excluding carboxylic acids is 1. The number of halogens is 2. The lowest BCUT2D eigenvalue weighted by Gasteiger charge is -2.21. The maximum Gasteiger partial charge on any atom is 0.260 e. The van der Waals surface area contributed by atoms with E-state index in [1.54, 1.807) is 12.1 Å². The minimum Gasteiger partial charge on any atom is -0.349 e. The molecule has 1 aromatic heterocycles. The molecule has 24 heavy (non-hydrogen) atoms. The van der Waals surface area contributed by atoms with Crippen molar-refractivity contribution >= 4 is 17.5 Å². The second kappa shape index (κ2) is 7.18. The van der Waals surface area contributed by atoms with E-state index in [1.165, 1.54) is 24.4 Å². The van der Waals surface area contributed by atoms with Gasteiger partial charge in [0.1, 0.15) is 11.4 Å². The second-order valence-corrected chi connectivity index (χ2v) is 6.60. The fourth-order valence-electron chi connectivity index (χ4n) is 3.27. The van der Waals surface area contributed by atoms with Gasteiger partial charge < -0.3 is 10.3 Å². The molecule has 1 aliphatic carbocycles. The number of aromatic nitrogens is 1. The van der Waals surface area contributed by atoms with Gasteiger partial charge in [-0.25, -0.2) is 4.39 Å². The molecule has 1 heterocycles. The smallest absolute Gasteiger partial charge is 0.260 e. The predicted octanol–water partition coefficient (Wildman–Crippen LogP) is 3.31. The average molecular weight is 349 g/mol. The zero-order chi connectivity index (χ0) is 17.1. The number of hydrogen-bond acceptors (Lipinski definition) is 2. The van der Waals surface area contributed by atoms with Crippen LogP contribution in [0.25, 0.3) is 0 Å². The highest BCUT2D eigenvalue weighted by molar-refractivity contribution is 6.30. The zero-order valence-electron chi connectivity index (χ0n) is 13.0. The van der Waals surface area contributed by atoms with Crippen molar-refractivity contribution in [2.24, 2.45) is 5.92 Å². The van der Waals surface area contributed by atoms with Gasteiger partial charge in [-0.2, -0.15) is 0 Å². The van der Waals surface area contributed by atoms with Crippen molar-refractivity contribution in [2.75, 3.05) is 0 Å². The molecule has 6 heteroatoms. The van der Waals surface area contributed by atoms with Gasteiger partial charge in [-0.3, -0.25) is 9.59 Å². The molecule has 0 bridgehead atoms. The maximum atomic E-state index is 13.0. The number of pyridine rings is 1. The van der Waals surface area contributed by atoms with Crippen molar-refractivity contribution in [3.8, 4) is 0 Å². The van der Waals surface area contributed by atoms with Gasteiger partial charge in [0, 0.05) is 12.2 Å². The summed E-state index contributed by atoms with van der Waals surface area (Å²) in [6, 6.07) is 7.82. The highest BCUT2D eigenvalue weighted by Crippen LogP contribution is 2.29. The molecule has 1 amide bonds. The number of hydrogen-bond donors (Lipinski definition) is 2. The minimum atomic E-state index is -0.454. The Kier molecular flexibility index (Phi) is 5.00. The molecule has 2 atom stereocenters. The van der Waals surface area contributed by atoms with Crippen LogP contribution in [0.2, 0.25) is 5.02 Å². The summed E-state index contributed by atoms with van der Waals surface area (Å²) in [5, 5.41) is 3.27. The molecule has 1 aliphatic rings. The van der Waals surface area contributed by atoms with Crippen molar-refractivity contribution in [2.45, 2.75) is 31.7 Å². The molecule has 1 aromatic carbocycles. The molecule has 3 rings (SSSR count). The summed E-state index contributed by atoms with van der Waals surface area (Å²) in [6.45, 7) is 0. The van der Waals surface area contributed by atoms with Gasteiger partial charge >= 0.3 is 0 Å². The fraction of sp³-hybridized carbons (Fsp3) is 0.333. The standard InChI is InChI=1S/C18H18ClFN2O2/c19-13-9-15(17(23)21-10-13)18(24)22-16-3-1-2-12(16)8-11-4-6-14(20)7-5-11/h4-7,9-10,12,16H,1-3,8H2,(H,21,23)(H,22,24)/t12-,16-/m0/s1. The molecule has 0 spiro atoms. The van der Waals surface area contributed by atoms with Crippen LogP contribution < -0.4 is 10.9 Å². The van der Waals surface area contributed by atoms with Gasteiger partial charge in [-0.15, -0.1) is 0 Å². The second-order valence-electron chi connectivity index (χ2n) is 6.16. The van der Waals surface area contributed by atoms with Crippen LogP contribution >= 0.6 is 11.6 Å². The first-order valence-corrected chi connectivity index (χ1v) is 8.34. The number of nitrogens with one attached hydrogen (secondary N) is 2. The van der Waals surface area contributed by atoms with E-state index in [9.17, 15) is 14.0 Å². The van der Waals surface area contributed by atoms with Gasteiger partial charge in [-0.1, -0.05) is 30.2 Å². The van der Waals surface area contributed by atoms with Crippen LogP contribution in [0.15, 0.2) is 41.3 Å². The molecular weight excluding hydrogens is 331 g/mol. The number of amides is 1. The van der Waals surface area contributed by atoms with Crippen molar-refractivity contribution in [1.82, 2.24) is 10.3 Å². The van der Waals surface area contributed by atoms with E-state index >= 15 is 0 Å². The van der Waals surface area contributed by atoms with Gasteiger partial charge in [0.2, 0.25) is 0 Å². The topological polar surface area (TPSA) is 62.0 Å². The maximum absolute atomic E-state index is 13.0. The SMILES string of the molecule is O=C(N[C@H]1CCC[C@H]1Cc1ccc(F)cc1)c1cc(Cl)c[nH]c1=O. The highest BCUT2D eigenvalue weighted by Gasteiger charge is 2.29. The van der Waals surface area contributed by atoms with Crippen molar-refractivity contribution < 1.29 is 9.18 Å². The average Bonchev–Trinajstić information content (AvgIpc) is 2.98. The number of rotatable bonds is 4. The van der Waals surface area contributed by atoms with Crippen LogP contribution in [0, 0.1) is 11.7 Å². The van der Waals surface area contributed by atoms with E-state index in [-0.39, 0.29) is 23.3 Å². The van der Waals surface area contributed by atoms with Gasteiger partial charge in [-0.05, 0) is 48.9 Å². The number of benzene rings is 1. The van der Waals surface area contributed by atoms with E-state index in [0.717, 1.165) is 31.2 Å². The Hall–Kier alpha value is -2.14. The molecule has 126 valence electrons. The van der Waals surface area contributed by atoms with E-state index in [0.29, 0.717) is 5.02 Å². The van der Waals surface area contributed by atoms with E-state index in [4.69, 9.17) is 11.6 Å². The van der Waals surface area contributed by atoms with Crippen LogP contribution in [0.3, 0.4) is 0 Å². The summed E-state index contributed by atoms with van der Waals surface area (Å²) >= 11 is 5.85. The summed E-state index contributed by atoms with van der Waals surface area (Å²) in [7, 11) is 0. The highest BCUT2D eigenvalue weighted by atomic mass is 35.5. The summed E-state index contributed by atoms with van der Waals surface area (Å²) in [5.74, 6) is -0.386. The normalized spacial score (nSPS) is 20.1. The Balaban J connectivity index is 1.69. The monoisotopic (exact) mass is 348 g/mol. The molecule has 0 unspecified atom stereocenters. The Morgan fingerprint density at radius 3 is 2.79 bits per heavy atom. The Bertz CT molecular complexity index is 788. The number of H-pyrrole nitrogens is 1. The first-order valence-electron chi connectivity index (χ1n) is 7.96. The first-order chi connectivity index (χ1) is 11.5. The molecule has 2 aromatic rings. The van der Waals surface area contributed by atoms with Gasteiger partial charge in [0.15, 0.2) is 0 Å². The van der Waals surface area contributed by atoms with Crippen molar-refractivity contribution in [3.05, 3.63) is 68.8 Å². The van der Waals surface area contributed by atoms with Crippen LogP contribution in [-0.2, 0) is 6.42 Å². The first kappa shape index (κ1) is 16.7. The Labute approximate surface area is 144 Å². The Morgan fingerprint density at radius 1 is 1.29 bits per heavy atom. The molecule has 4 nitrogen and oxygen atoms in total. The van der Waals surface area contributed by atoms with Crippen LogP contribution in [-0.4, -0.2) is 16.9 Å². The lowest BCUT2D eigenvalue weighted by molar-refractivity contribution is 0.0926. The molecule has 1 saturated carbocycles. The van der Waals surface area contributed by atoms with E-state index in [1.807, 2.05) is 0 Å². The molecule has 0 radical (unpaired) electrons. The van der Waals surface area contributed by atoms with Gasteiger partial charge in [0.25, 0.3) is 11.5 Å². The lowest BCUT2D eigenvalue weighted by Crippen LogP contribution is -2.40. The van der Waals surface area contributed by atoms with Crippen molar-refractivity contribution in [1.29, 1.82) is 0 Å². The minimum absolute atomic E-state index is 0.000865. The third kappa shape index (κ3) is 3.85. The van der Waals surface area contributed by atoms with E-state index in [2.05, 4.69) is 10.3 Å². The predicted molar refractivity (Wildman–Crippen MR) is 90.8 cm³/mol. The molecule has 0 saturated heterocycles. The lowest BCUT2D eigenvalue weighted by atomic mass is 9.94. The zero-order valence-corrected chi connectivity index (χ0v) is 13.8. The van der Waals surface area contributed by atoms with Crippen molar-refractivity contribution in [3.63, 3.8) is 0 Å². The molecule has 1 fully saturated rings. The number of carbonyl (C=O) groups is 1. The fourth-order valence-corrected chi connectivity index (χ4v) is 3.43. The molecule has 0 aliphatic heterocycles. The summed E-state index contributed by atoms with van der Waals surface area (Å²) in [6.07, 6.45) is 5.01. The van der Waals surface area contributed by atoms with Crippen LogP contribution in [0.1, 0.15) is 35.2 Å². The summed E-state index contributed by atoms with van der Waals surface area (Å²) in [4.78, 5) is 26.6. The van der Waals surface area contributed by atoms with Crippen LogP contribution in [0.4, 0.5) is 4.39 Å². The molecular formula is C18H18ClFN2O2. The van der Waals surface area contributed by atoms with Gasteiger partial charge in [0.05, 0.1) is 5.02 Å². The van der Waals surface area contributed by atoms with Crippen LogP contribution in [0.5, 0.6) is 0 Å². The summed E-state index contributed by atoms with van der Waals surface area (Å²) < 4.78 is 13.0.